The Balaban J connectivity index is 2.48. The first-order chi connectivity index (χ1) is 7.72. The van der Waals surface area contributed by atoms with Crippen molar-refractivity contribution in [1.29, 1.82) is 0 Å². The Kier molecular flexibility index (Phi) is 5.41. The third kappa shape index (κ3) is 3.28. The van der Waals surface area contributed by atoms with E-state index in [1.54, 1.807) is 20.4 Å². The molecule has 6 nitrogen and oxygen atoms in total. The standard InChI is InChI=1S/C10H20N4O2/c1-14-8(6-7-12-14)4-5-9(13-11)10(15-2)16-3/h6-7,9-10,13H,4-5,11H2,1-3H3. The summed E-state index contributed by atoms with van der Waals surface area (Å²) in [5, 5.41) is 4.11. The fraction of sp³-hybridized carbons (Fsp3) is 0.700. The first kappa shape index (κ1) is 13.1. The molecule has 3 N–H and O–H groups in total. The number of hydrogen-bond donors (Lipinski definition) is 2. The molecule has 16 heavy (non-hydrogen) atoms. The van der Waals surface area contributed by atoms with Gasteiger partial charge in [-0.2, -0.15) is 5.10 Å². The van der Waals surface area contributed by atoms with E-state index in [2.05, 4.69) is 10.5 Å². The number of nitrogens with zero attached hydrogens (tertiary/aromatic N) is 2. The number of ether oxygens (including phenoxy) is 2. The van der Waals surface area contributed by atoms with E-state index in [4.69, 9.17) is 15.3 Å². The first-order valence-corrected chi connectivity index (χ1v) is 5.21. The molecule has 0 amide bonds. The minimum Gasteiger partial charge on any atom is -0.354 e. The normalized spacial score (nSPS) is 13.3. The molecule has 0 aliphatic heterocycles. The van der Waals surface area contributed by atoms with Crippen LogP contribution in [0.3, 0.4) is 0 Å². The van der Waals surface area contributed by atoms with Crippen LogP contribution in [0.4, 0.5) is 0 Å². The van der Waals surface area contributed by atoms with Gasteiger partial charge < -0.3 is 9.47 Å². The van der Waals surface area contributed by atoms with Gasteiger partial charge in [-0.3, -0.25) is 16.0 Å². The lowest BCUT2D eigenvalue weighted by Crippen LogP contribution is -2.46. The minimum atomic E-state index is -0.335. The molecular weight excluding hydrogens is 208 g/mol. The smallest absolute Gasteiger partial charge is 0.173 e. The quantitative estimate of drug-likeness (QED) is 0.384. The molecule has 0 aliphatic rings. The number of hydrazine groups is 1. The number of aryl methyl sites for hydroxylation is 2. The number of hydrogen-bond acceptors (Lipinski definition) is 5. The van der Waals surface area contributed by atoms with Gasteiger partial charge in [0.1, 0.15) is 0 Å². The Hall–Kier alpha value is -0.950. The topological polar surface area (TPSA) is 74.3 Å². The second-order valence-electron chi connectivity index (χ2n) is 3.60. The van der Waals surface area contributed by atoms with Crippen molar-refractivity contribution in [2.24, 2.45) is 12.9 Å². The summed E-state index contributed by atoms with van der Waals surface area (Å²) < 4.78 is 12.2. The average Bonchev–Trinajstić information content (AvgIpc) is 2.70. The molecule has 0 bridgehead atoms. The van der Waals surface area contributed by atoms with Gasteiger partial charge in [-0.15, -0.1) is 0 Å². The molecule has 1 rings (SSSR count). The van der Waals surface area contributed by atoms with Crippen LogP contribution in [0.2, 0.25) is 0 Å². The summed E-state index contributed by atoms with van der Waals surface area (Å²) in [6.07, 6.45) is 3.14. The van der Waals surface area contributed by atoms with E-state index >= 15 is 0 Å². The lowest BCUT2D eigenvalue weighted by Gasteiger charge is -2.23. The molecule has 0 aliphatic carbocycles. The zero-order chi connectivity index (χ0) is 12.0. The molecule has 1 atom stereocenters. The van der Waals surface area contributed by atoms with Crippen molar-refractivity contribution in [2.45, 2.75) is 25.2 Å². The van der Waals surface area contributed by atoms with Crippen LogP contribution in [0.25, 0.3) is 0 Å². The largest absolute Gasteiger partial charge is 0.354 e. The van der Waals surface area contributed by atoms with Gasteiger partial charge >= 0.3 is 0 Å². The van der Waals surface area contributed by atoms with E-state index in [9.17, 15) is 0 Å². The lowest BCUT2D eigenvalue weighted by molar-refractivity contribution is -0.124. The number of rotatable bonds is 7. The maximum absolute atomic E-state index is 5.47. The Morgan fingerprint density at radius 3 is 2.62 bits per heavy atom. The molecular formula is C10H20N4O2. The van der Waals surface area contributed by atoms with Crippen molar-refractivity contribution >= 4 is 0 Å². The maximum atomic E-state index is 5.47. The zero-order valence-electron chi connectivity index (χ0n) is 10.0. The monoisotopic (exact) mass is 228 g/mol. The van der Waals surface area contributed by atoms with Crippen molar-refractivity contribution in [3.8, 4) is 0 Å². The first-order valence-electron chi connectivity index (χ1n) is 5.21. The van der Waals surface area contributed by atoms with E-state index < -0.39 is 0 Å². The van der Waals surface area contributed by atoms with Crippen molar-refractivity contribution in [3.05, 3.63) is 18.0 Å². The van der Waals surface area contributed by atoms with Gasteiger partial charge in [-0.1, -0.05) is 0 Å². The maximum Gasteiger partial charge on any atom is 0.173 e. The van der Waals surface area contributed by atoms with E-state index in [1.807, 2.05) is 17.8 Å². The fourth-order valence-electron chi connectivity index (χ4n) is 1.67. The number of aromatic nitrogens is 2. The van der Waals surface area contributed by atoms with Crippen LogP contribution in [-0.4, -0.2) is 36.3 Å². The van der Waals surface area contributed by atoms with Gasteiger partial charge in [-0.25, -0.2) is 0 Å². The summed E-state index contributed by atoms with van der Waals surface area (Å²) in [5.41, 5.74) is 3.86. The Labute approximate surface area is 95.7 Å². The third-order valence-corrected chi connectivity index (χ3v) is 2.64. The molecule has 1 aromatic rings. The highest BCUT2D eigenvalue weighted by molar-refractivity contribution is 5.00. The van der Waals surface area contributed by atoms with Crippen LogP contribution in [-0.2, 0) is 22.9 Å². The van der Waals surface area contributed by atoms with E-state index in [0.29, 0.717) is 0 Å². The molecule has 1 unspecified atom stereocenters. The highest BCUT2D eigenvalue weighted by Crippen LogP contribution is 2.08. The van der Waals surface area contributed by atoms with E-state index in [0.717, 1.165) is 18.5 Å². The van der Waals surface area contributed by atoms with Crippen LogP contribution in [0.5, 0.6) is 0 Å². The minimum absolute atomic E-state index is 0.0371. The van der Waals surface area contributed by atoms with E-state index in [-0.39, 0.29) is 12.3 Å². The summed E-state index contributed by atoms with van der Waals surface area (Å²) in [4.78, 5) is 0. The highest BCUT2D eigenvalue weighted by Gasteiger charge is 2.19. The van der Waals surface area contributed by atoms with Crippen molar-refractivity contribution in [2.75, 3.05) is 14.2 Å². The molecule has 6 heteroatoms. The Morgan fingerprint density at radius 1 is 1.50 bits per heavy atom. The van der Waals surface area contributed by atoms with Gasteiger partial charge in [0.05, 0.1) is 6.04 Å². The Morgan fingerprint density at radius 2 is 2.19 bits per heavy atom. The number of nitrogens with one attached hydrogen (secondary N) is 1. The predicted molar refractivity (Wildman–Crippen MR) is 60.4 cm³/mol. The SMILES string of the molecule is COC(OC)C(CCc1ccnn1C)NN. The number of nitrogens with two attached hydrogens (primary N) is 1. The van der Waals surface area contributed by atoms with Crippen molar-refractivity contribution in [3.63, 3.8) is 0 Å². The molecule has 0 saturated carbocycles. The second-order valence-corrected chi connectivity index (χ2v) is 3.60. The summed E-state index contributed by atoms with van der Waals surface area (Å²) >= 11 is 0. The van der Waals surface area contributed by atoms with Gasteiger partial charge in [0.15, 0.2) is 6.29 Å². The molecule has 0 radical (unpaired) electrons. The van der Waals surface area contributed by atoms with Crippen LogP contribution in [0.15, 0.2) is 12.3 Å². The van der Waals surface area contributed by atoms with Crippen LogP contribution in [0.1, 0.15) is 12.1 Å². The average molecular weight is 228 g/mol. The highest BCUT2D eigenvalue weighted by atomic mass is 16.7. The predicted octanol–water partition coefficient (Wildman–Crippen LogP) is -0.196. The van der Waals surface area contributed by atoms with Crippen LogP contribution in [0, 0.1) is 0 Å². The van der Waals surface area contributed by atoms with Crippen molar-refractivity contribution < 1.29 is 9.47 Å². The van der Waals surface area contributed by atoms with Gasteiger partial charge in [0.2, 0.25) is 0 Å². The van der Waals surface area contributed by atoms with Crippen molar-refractivity contribution in [1.82, 2.24) is 15.2 Å². The van der Waals surface area contributed by atoms with Gasteiger partial charge in [-0.05, 0) is 18.9 Å². The summed E-state index contributed by atoms with van der Waals surface area (Å²) in [7, 11) is 5.12. The van der Waals surface area contributed by atoms with Crippen LogP contribution < -0.4 is 11.3 Å². The molecule has 92 valence electrons. The fourth-order valence-corrected chi connectivity index (χ4v) is 1.67. The third-order valence-electron chi connectivity index (χ3n) is 2.64. The zero-order valence-corrected chi connectivity index (χ0v) is 10.0. The molecule has 0 saturated heterocycles. The lowest BCUT2D eigenvalue weighted by atomic mass is 10.1. The van der Waals surface area contributed by atoms with Gasteiger partial charge in [0, 0.05) is 33.2 Å². The summed E-state index contributed by atoms with van der Waals surface area (Å²) in [6, 6.07) is 1.95. The number of methoxy groups -OCH3 is 2. The molecule has 0 spiro atoms. The van der Waals surface area contributed by atoms with Gasteiger partial charge in [0.25, 0.3) is 0 Å². The summed E-state index contributed by atoms with van der Waals surface area (Å²) in [5.74, 6) is 5.47. The summed E-state index contributed by atoms with van der Waals surface area (Å²) in [6.45, 7) is 0. The molecule has 0 aromatic carbocycles. The van der Waals surface area contributed by atoms with Crippen LogP contribution >= 0.6 is 0 Å². The van der Waals surface area contributed by atoms with E-state index in [1.165, 1.54) is 0 Å². The molecule has 0 fully saturated rings. The second kappa shape index (κ2) is 6.59. The molecule has 1 aromatic heterocycles. The molecule has 1 heterocycles. The Bertz CT molecular complexity index is 299.